The minimum atomic E-state index is -0.0547. The van der Waals surface area contributed by atoms with Crippen molar-refractivity contribution in [2.45, 2.75) is 19.8 Å². The van der Waals surface area contributed by atoms with Gasteiger partial charge in [-0.15, -0.1) is 10.2 Å². The molecular weight excluding hydrogens is 328 g/mol. The normalized spacial score (nSPS) is 14.4. The Kier molecular flexibility index (Phi) is 5.99. The predicted molar refractivity (Wildman–Crippen MR) is 103 cm³/mol. The maximum absolute atomic E-state index is 12.7. The number of unbranched alkanes of at least 4 members (excludes halogenated alkanes) is 1. The van der Waals surface area contributed by atoms with E-state index in [4.69, 9.17) is 0 Å². The molecule has 1 aliphatic heterocycles. The maximum atomic E-state index is 12.7. The highest BCUT2D eigenvalue weighted by molar-refractivity contribution is 5.92. The van der Waals surface area contributed by atoms with Crippen LogP contribution in [0.5, 0.6) is 0 Å². The molecule has 0 N–H and O–H groups in total. The zero-order valence-corrected chi connectivity index (χ0v) is 15.5. The number of carbonyl (C=O) groups is 1. The van der Waals surface area contributed by atoms with Gasteiger partial charge in [-0.25, -0.2) is 4.98 Å². The lowest BCUT2D eigenvalue weighted by molar-refractivity contribution is 0.0739. The molecular formula is C19H26N6O. The predicted octanol–water partition coefficient (Wildman–Crippen LogP) is 2.07. The van der Waals surface area contributed by atoms with Crippen LogP contribution in [0.2, 0.25) is 0 Å². The van der Waals surface area contributed by atoms with E-state index in [-0.39, 0.29) is 5.91 Å². The standard InChI is InChI=1S/C19H26N6O/c1-3-4-11-23(2)18-9-8-16(21-22-18)19(26)25-14-12-24(13-15-25)17-7-5-6-10-20-17/h5-10H,3-4,11-15H2,1-2H3. The van der Waals surface area contributed by atoms with Crippen LogP contribution in [0.15, 0.2) is 36.5 Å². The Bertz CT molecular complexity index is 698. The fraction of sp³-hybridized carbons (Fsp3) is 0.474. The molecule has 3 rings (SSSR count). The van der Waals surface area contributed by atoms with Crippen molar-refractivity contribution in [3.8, 4) is 0 Å². The summed E-state index contributed by atoms with van der Waals surface area (Å²) in [6.07, 6.45) is 4.04. The molecule has 26 heavy (non-hydrogen) atoms. The van der Waals surface area contributed by atoms with E-state index >= 15 is 0 Å². The number of rotatable bonds is 6. The molecule has 0 aliphatic carbocycles. The molecule has 7 heteroatoms. The van der Waals surface area contributed by atoms with Crippen LogP contribution in [0, 0.1) is 0 Å². The van der Waals surface area contributed by atoms with Gasteiger partial charge in [-0.2, -0.15) is 0 Å². The summed E-state index contributed by atoms with van der Waals surface area (Å²) in [7, 11) is 2.00. The summed E-state index contributed by atoms with van der Waals surface area (Å²) in [5, 5.41) is 8.37. The van der Waals surface area contributed by atoms with Gasteiger partial charge < -0.3 is 14.7 Å². The first kappa shape index (κ1) is 18.1. The van der Waals surface area contributed by atoms with Gasteiger partial charge in [0.05, 0.1) is 0 Å². The van der Waals surface area contributed by atoms with Gasteiger partial charge in [0.2, 0.25) is 0 Å². The number of nitrogens with zero attached hydrogens (tertiary/aromatic N) is 6. The first-order valence-corrected chi connectivity index (χ1v) is 9.19. The highest BCUT2D eigenvalue weighted by Crippen LogP contribution is 2.15. The van der Waals surface area contributed by atoms with E-state index in [1.807, 2.05) is 36.2 Å². The van der Waals surface area contributed by atoms with Crippen LogP contribution in [-0.4, -0.2) is 65.8 Å². The Labute approximate surface area is 154 Å². The molecule has 0 unspecified atom stereocenters. The molecule has 0 aromatic carbocycles. The Morgan fingerprint density at radius 1 is 1.12 bits per heavy atom. The van der Waals surface area contributed by atoms with Crippen molar-refractivity contribution in [1.29, 1.82) is 0 Å². The van der Waals surface area contributed by atoms with E-state index in [0.717, 1.165) is 44.1 Å². The summed E-state index contributed by atoms with van der Waals surface area (Å²) >= 11 is 0. The Morgan fingerprint density at radius 3 is 2.54 bits per heavy atom. The Morgan fingerprint density at radius 2 is 1.92 bits per heavy atom. The molecule has 7 nitrogen and oxygen atoms in total. The molecule has 0 bridgehead atoms. The smallest absolute Gasteiger partial charge is 0.274 e. The molecule has 1 amide bonds. The van der Waals surface area contributed by atoms with Crippen LogP contribution in [-0.2, 0) is 0 Å². The topological polar surface area (TPSA) is 65.5 Å². The van der Waals surface area contributed by atoms with Crippen LogP contribution in [0.25, 0.3) is 0 Å². The molecule has 0 spiro atoms. The molecule has 1 saturated heterocycles. The Balaban J connectivity index is 1.56. The van der Waals surface area contributed by atoms with Crippen molar-refractivity contribution >= 4 is 17.5 Å². The van der Waals surface area contributed by atoms with Crippen molar-refractivity contribution in [2.75, 3.05) is 49.6 Å². The number of piperazine rings is 1. The summed E-state index contributed by atoms with van der Waals surface area (Å²) in [4.78, 5) is 23.1. The SMILES string of the molecule is CCCCN(C)c1ccc(C(=O)N2CCN(c3ccccn3)CC2)nn1. The minimum absolute atomic E-state index is 0.0547. The fourth-order valence-electron chi connectivity index (χ4n) is 2.99. The molecule has 138 valence electrons. The first-order chi connectivity index (χ1) is 12.7. The van der Waals surface area contributed by atoms with Gasteiger partial charge in [0.1, 0.15) is 5.82 Å². The van der Waals surface area contributed by atoms with Gasteiger partial charge in [0.25, 0.3) is 5.91 Å². The third kappa shape index (κ3) is 4.28. The van der Waals surface area contributed by atoms with Crippen LogP contribution < -0.4 is 9.80 Å². The van der Waals surface area contributed by atoms with Gasteiger partial charge in [0, 0.05) is 46.0 Å². The lowest BCUT2D eigenvalue weighted by Crippen LogP contribution is -2.49. The summed E-state index contributed by atoms with van der Waals surface area (Å²) in [5.74, 6) is 1.70. The van der Waals surface area contributed by atoms with Crippen molar-refractivity contribution in [2.24, 2.45) is 0 Å². The molecule has 0 radical (unpaired) electrons. The van der Waals surface area contributed by atoms with Gasteiger partial charge >= 0.3 is 0 Å². The summed E-state index contributed by atoms with van der Waals surface area (Å²) in [6.45, 7) is 5.97. The quantitative estimate of drug-likeness (QED) is 0.791. The van der Waals surface area contributed by atoms with E-state index in [9.17, 15) is 4.79 Å². The van der Waals surface area contributed by atoms with Crippen LogP contribution in [0.3, 0.4) is 0 Å². The number of aromatic nitrogens is 3. The number of amides is 1. The number of hydrogen-bond acceptors (Lipinski definition) is 6. The van der Waals surface area contributed by atoms with Gasteiger partial charge in [-0.05, 0) is 30.7 Å². The van der Waals surface area contributed by atoms with Crippen molar-refractivity contribution in [3.63, 3.8) is 0 Å². The van der Waals surface area contributed by atoms with Gasteiger partial charge in [0.15, 0.2) is 11.5 Å². The first-order valence-electron chi connectivity index (χ1n) is 9.19. The number of carbonyl (C=O) groups excluding carboxylic acids is 1. The van der Waals surface area contributed by atoms with E-state index in [2.05, 4.69) is 31.9 Å². The maximum Gasteiger partial charge on any atom is 0.274 e. The van der Waals surface area contributed by atoms with E-state index in [0.29, 0.717) is 18.8 Å². The minimum Gasteiger partial charge on any atom is -0.358 e. The average Bonchev–Trinajstić information content (AvgIpc) is 2.72. The number of anilines is 2. The molecule has 2 aromatic rings. The average molecular weight is 354 g/mol. The second-order valence-corrected chi connectivity index (χ2v) is 6.52. The molecule has 0 saturated carbocycles. The molecule has 1 aliphatic rings. The van der Waals surface area contributed by atoms with E-state index in [1.54, 1.807) is 12.3 Å². The van der Waals surface area contributed by atoms with Crippen molar-refractivity contribution in [1.82, 2.24) is 20.1 Å². The monoisotopic (exact) mass is 354 g/mol. The number of hydrogen-bond donors (Lipinski definition) is 0. The molecule has 3 heterocycles. The molecule has 1 fully saturated rings. The lowest BCUT2D eigenvalue weighted by atomic mass is 10.2. The Hall–Kier alpha value is -2.70. The third-order valence-electron chi connectivity index (χ3n) is 4.65. The summed E-state index contributed by atoms with van der Waals surface area (Å²) in [5.41, 5.74) is 0.406. The molecule has 2 aromatic heterocycles. The highest BCUT2D eigenvalue weighted by atomic mass is 16.2. The van der Waals surface area contributed by atoms with Gasteiger partial charge in [-0.3, -0.25) is 4.79 Å². The summed E-state index contributed by atoms with van der Waals surface area (Å²) < 4.78 is 0. The van der Waals surface area contributed by atoms with E-state index in [1.165, 1.54) is 0 Å². The number of pyridine rings is 1. The van der Waals surface area contributed by atoms with Gasteiger partial charge in [-0.1, -0.05) is 19.4 Å². The lowest BCUT2D eigenvalue weighted by Gasteiger charge is -2.35. The largest absolute Gasteiger partial charge is 0.358 e. The second-order valence-electron chi connectivity index (χ2n) is 6.52. The summed E-state index contributed by atoms with van der Waals surface area (Å²) in [6, 6.07) is 9.54. The van der Waals surface area contributed by atoms with Crippen LogP contribution >= 0.6 is 0 Å². The zero-order valence-electron chi connectivity index (χ0n) is 15.5. The fourth-order valence-corrected chi connectivity index (χ4v) is 2.99. The van der Waals surface area contributed by atoms with Crippen molar-refractivity contribution < 1.29 is 4.79 Å². The zero-order chi connectivity index (χ0) is 18.4. The van der Waals surface area contributed by atoms with Crippen molar-refractivity contribution in [3.05, 3.63) is 42.2 Å². The van der Waals surface area contributed by atoms with E-state index < -0.39 is 0 Å². The third-order valence-corrected chi connectivity index (χ3v) is 4.65. The highest BCUT2D eigenvalue weighted by Gasteiger charge is 2.24. The molecule has 0 atom stereocenters. The van der Waals surface area contributed by atoms with Crippen LogP contribution in [0.4, 0.5) is 11.6 Å². The van der Waals surface area contributed by atoms with Crippen LogP contribution in [0.1, 0.15) is 30.3 Å². The second kappa shape index (κ2) is 8.60.